The van der Waals surface area contributed by atoms with Gasteiger partial charge in [0.2, 0.25) is 0 Å². The normalized spacial score (nSPS) is 10.7. The number of nitrogen functional groups attached to an aromatic ring is 1. The lowest BCUT2D eigenvalue weighted by atomic mass is 10.1. The van der Waals surface area contributed by atoms with Crippen molar-refractivity contribution in [3.8, 4) is 11.8 Å². The SMILES string of the molecule is N#Cc1ncc(N)c(C(=O)O)c1OC(F)(F)F. The van der Waals surface area contributed by atoms with Gasteiger partial charge in [0.1, 0.15) is 11.6 Å². The number of halogens is 3. The molecule has 0 spiro atoms. The third-order valence-electron chi connectivity index (χ3n) is 1.60. The van der Waals surface area contributed by atoms with Gasteiger partial charge in [-0.15, -0.1) is 13.2 Å². The summed E-state index contributed by atoms with van der Waals surface area (Å²) in [6.07, 6.45) is -4.38. The Balaban J connectivity index is 3.47. The summed E-state index contributed by atoms with van der Waals surface area (Å²) in [5, 5.41) is 17.2. The Morgan fingerprint density at radius 3 is 2.59 bits per heavy atom. The Hall–Kier alpha value is -2.50. The van der Waals surface area contributed by atoms with Gasteiger partial charge < -0.3 is 15.6 Å². The largest absolute Gasteiger partial charge is 0.573 e. The molecule has 0 bridgehead atoms. The number of hydrogen-bond acceptors (Lipinski definition) is 5. The molecule has 1 aromatic rings. The number of carboxylic acid groups (broad SMARTS) is 1. The van der Waals surface area contributed by atoms with Gasteiger partial charge in [-0.25, -0.2) is 9.78 Å². The molecule has 0 fully saturated rings. The number of alkyl halides is 3. The fraction of sp³-hybridized carbons (Fsp3) is 0.125. The van der Waals surface area contributed by atoms with Crippen molar-refractivity contribution >= 4 is 11.7 Å². The van der Waals surface area contributed by atoms with E-state index in [2.05, 4.69) is 9.72 Å². The number of nitriles is 1. The molecule has 0 unspecified atom stereocenters. The average molecular weight is 247 g/mol. The zero-order chi connectivity index (χ0) is 13.2. The summed E-state index contributed by atoms with van der Waals surface area (Å²) in [5.74, 6) is -2.96. The second kappa shape index (κ2) is 4.17. The summed E-state index contributed by atoms with van der Waals surface area (Å²) in [4.78, 5) is 14.0. The molecule has 3 N–H and O–H groups in total. The zero-order valence-electron chi connectivity index (χ0n) is 7.95. The lowest BCUT2D eigenvalue weighted by molar-refractivity contribution is -0.274. The van der Waals surface area contributed by atoms with Gasteiger partial charge in [-0.3, -0.25) is 0 Å². The number of rotatable bonds is 2. The molecule has 0 saturated heterocycles. The Morgan fingerprint density at radius 2 is 2.18 bits per heavy atom. The number of carbonyl (C=O) groups is 1. The minimum absolute atomic E-state index is 0.532. The molecule has 0 atom stereocenters. The third kappa shape index (κ3) is 2.75. The van der Waals surface area contributed by atoms with E-state index >= 15 is 0 Å². The van der Waals surface area contributed by atoms with E-state index in [4.69, 9.17) is 16.1 Å². The predicted octanol–water partition coefficient (Wildman–Crippen LogP) is 1.13. The van der Waals surface area contributed by atoms with Crippen LogP contribution in [0.5, 0.6) is 5.75 Å². The average Bonchev–Trinajstić information content (AvgIpc) is 2.15. The number of nitrogens with two attached hydrogens (primary N) is 1. The van der Waals surface area contributed by atoms with E-state index in [-0.39, 0.29) is 0 Å². The molecule has 0 saturated carbocycles. The molecular formula is C8H4F3N3O3. The van der Waals surface area contributed by atoms with Gasteiger partial charge in [0.25, 0.3) is 0 Å². The van der Waals surface area contributed by atoms with Crippen LogP contribution in [0.2, 0.25) is 0 Å². The minimum Gasteiger partial charge on any atom is -0.477 e. The highest BCUT2D eigenvalue weighted by molar-refractivity contribution is 5.97. The van der Waals surface area contributed by atoms with Gasteiger partial charge in [0, 0.05) is 0 Å². The Labute approximate surface area is 92.0 Å². The van der Waals surface area contributed by atoms with Crippen LogP contribution in [0.15, 0.2) is 6.20 Å². The van der Waals surface area contributed by atoms with Crippen LogP contribution in [0.4, 0.5) is 18.9 Å². The lowest BCUT2D eigenvalue weighted by Crippen LogP contribution is -2.21. The molecule has 9 heteroatoms. The molecule has 0 aromatic carbocycles. The van der Waals surface area contributed by atoms with Crippen molar-refractivity contribution in [1.82, 2.24) is 4.98 Å². The lowest BCUT2D eigenvalue weighted by Gasteiger charge is -2.13. The highest BCUT2D eigenvalue weighted by atomic mass is 19.4. The van der Waals surface area contributed by atoms with Gasteiger partial charge in [0.15, 0.2) is 11.4 Å². The molecule has 0 aliphatic carbocycles. The van der Waals surface area contributed by atoms with E-state index in [0.29, 0.717) is 0 Å². The predicted molar refractivity (Wildman–Crippen MR) is 47.0 cm³/mol. The maximum absolute atomic E-state index is 12.0. The van der Waals surface area contributed by atoms with Crippen LogP contribution in [0.25, 0.3) is 0 Å². The Morgan fingerprint density at radius 1 is 1.59 bits per heavy atom. The van der Waals surface area contributed by atoms with Gasteiger partial charge >= 0.3 is 12.3 Å². The van der Waals surface area contributed by atoms with Gasteiger partial charge in [-0.05, 0) is 0 Å². The van der Waals surface area contributed by atoms with Crippen LogP contribution < -0.4 is 10.5 Å². The quantitative estimate of drug-likeness (QED) is 0.810. The van der Waals surface area contributed by atoms with Crippen molar-refractivity contribution in [1.29, 1.82) is 5.26 Å². The summed E-state index contributed by atoms with van der Waals surface area (Å²) in [7, 11) is 0. The maximum atomic E-state index is 12.0. The summed E-state index contributed by atoms with van der Waals surface area (Å²) >= 11 is 0. The van der Waals surface area contributed by atoms with Gasteiger partial charge in [0.05, 0.1) is 11.9 Å². The van der Waals surface area contributed by atoms with Crippen LogP contribution in [0.3, 0.4) is 0 Å². The number of aromatic nitrogens is 1. The first-order valence-electron chi connectivity index (χ1n) is 3.94. The van der Waals surface area contributed by atoms with Crippen molar-refractivity contribution < 1.29 is 27.8 Å². The fourth-order valence-electron chi connectivity index (χ4n) is 1.02. The second-order valence-corrected chi connectivity index (χ2v) is 2.73. The number of ether oxygens (including phenoxy) is 1. The first-order chi connectivity index (χ1) is 7.76. The van der Waals surface area contributed by atoms with Gasteiger partial charge in [-0.2, -0.15) is 5.26 Å². The standard InChI is InChI=1S/C8H4F3N3O3/c9-8(10,11)17-6-4(1-12)14-2-3(13)5(6)7(15)16/h2H,13H2,(H,15,16). The van der Waals surface area contributed by atoms with E-state index in [1.807, 2.05) is 0 Å². The number of aromatic carboxylic acids is 1. The van der Waals surface area contributed by atoms with E-state index in [0.717, 1.165) is 6.20 Å². The third-order valence-corrected chi connectivity index (χ3v) is 1.60. The summed E-state index contributed by atoms with van der Waals surface area (Å²) in [6, 6.07) is 1.29. The molecule has 1 rings (SSSR count). The minimum atomic E-state index is -5.15. The second-order valence-electron chi connectivity index (χ2n) is 2.73. The van der Waals surface area contributed by atoms with Crippen molar-refractivity contribution in [3.63, 3.8) is 0 Å². The first kappa shape index (κ1) is 12.6. The molecule has 0 amide bonds. The van der Waals surface area contributed by atoms with Crippen LogP contribution in [0.1, 0.15) is 16.1 Å². The number of carboxylic acids is 1. The van der Waals surface area contributed by atoms with Crippen LogP contribution in [-0.4, -0.2) is 22.4 Å². The smallest absolute Gasteiger partial charge is 0.477 e. The molecule has 90 valence electrons. The maximum Gasteiger partial charge on any atom is 0.573 e. The fourth-order valence-corrected chi connectivity index (χ4v) is 1.02. The highest BCUT2D eigenvalue weighted by Gasteiger charge is 2.35. The molecule has 0 radical (unpaired) electrons. The monoisotopic (exact) mass is 247 g/mol. The molecule has 17 heavy (non-hydrogen) atoms. The summed E-state index contributed by atoms with van der Waals surface area (Å²) < 4.78 is 39.6. The number of nitrogens with zero attached hydrogens (tertiary/aromatic N) is 2. The van der Waals surface area contributed by atoms with E-state index in [1.54, 1.807) is 0 Å². The molecule has 1 aromatic heterocycles. The molecule has 1 heterocycles. The van der Waals surface area contributed by atoms with E-state index in [9.17, 15) is 18.0 Å². The van der Waals surface area contributed by atoms with E-state index < -0.39 is 35.0 Å². The van der Waals surface area contributed by atoms with Crippen LogP contribution in [-0.2, 0) is 0 Å². The number of anilines is 1. The highest BCUT2D eigenvalue weighted by Crippen LogP contribution is 2.31. The molecule has 0 aliphatic rings. The molecular weight excluding hydrogens is 243 g/mol. The Kier molecular flexibility index (Phi) is 3.08. The Bertz CT molecular complexity index is 507. The van der Waals surface area contributed by atoms with Crippen molar-refractivity contribution in [2.75, 3.05) is 5.73 Å². The van der Waals surface area contributed by atoms with Crippen molar-refractivity contribution in [2.45, 2.75) is 6.36 Å². The summed E-state index contributed by atoms with van der Waals surface area (Å²) in [6.45, 7) is 0. The summed E-state index contributed by atoms with van der Waals surface area (Å²) in [5.41, 5.74) is 2.87. The number of hydrogen-bond donors (Lipinski definition) is 2. The molecule has 6 nitrogen and oxygen atoms in total. The van der Waals surface area contributed by atoms with E-state index in [1.165, 1.54) is 6.07 Å². The number of pyridine rings is 1. The zero-order valence-corrected chi connectivity index (χ0v) is 7.95. The molecule has 0 aliphatic heterocycles. The topological polar surface area (TPSA) is 109 Å². The van der Waals surface area contributed by atoms with Crippen molar-refractivity contribution in [3.05, 3.63) is 17.5 Å². The van der Waals surface area contributed by atoms with Gasteiger partial charge in [-0.1, -0.05) is 0 Å². The van der Waals surface area contributed by atoms with Crippen molar-refractivity contribution in [2.24, 2.45) is 0 Å². The van der Waals surface area contributed by atoms with Crippen LogP contribution in [0, 0.1) is 11.3 Å². The van der Waals surface area contributed by atoms with Crippen LogP contribution >= 0.6 is 0 Å². The first-order valence-corrected chi connectivity index (χ1v) is 3.94.